The van der Waals surface area contributed by atoms with Gasteiger partial charge in [0.1, 0.15) is 12.4 Å². The average molecular weight is 401 g/mol. The molecule has 0 atom stereocenters. The maximum absolute atomic E-state index is 12.9. The molecule has 2 N–H and O–H groups in total. The Kier molecular flexibility index (Phi) is 6.62. The molecule has 0 aliphatic heterocycles. The van der Waals surface area contributed by atoms with Gasteiger partial charge in [0, 0.05) is 24.6 Å². The minimum absolute atomic E-state index is 0.00597. The molecule has 0 aliphatic rings. The highest BCUT2D eigenvalue weighted by Crippen LogP contribution is 2.13. The molecule has 1 heterocycles. The van der Waals surface area contributed by atoms with Crippen LogP contribution in [0, 0.1) is 0 Å². The molecule has 28 heavy (non-hydrogen) atoms. The Morgan fingerprint density at radius 2 is 1.82 bits per heavy atom. The van der Waals surface area contributed by atoms with E-state index in [1.807, 2.05) is 30.3 Å². The third-order valence-corrected chi connectivity index (χ3v) is 4.43. The fourth-order valence-corrected chi connectivity index (χ4v) is 2.89. The lowest BCUT2D eigenvalue weighted by Crippen LogP contribution is -2.34. The highest BCUT2D eigenvalue weighted by Gasteiger charge is 2.17. The zero-order valence-electron chi connectivity index (χ0n) is 15.2. The number of benzene rings is 2. The van der Waals surface area contributed by atoms with E-state index < -0.39 is 5.69 Å². The van der Waals surface area contributed by atoms with Crippen molar-refractivity contribution in [2.45, 2.75) is 19.4 Å². The first-order valence-corrected chi connectivity index (χ1v) is 9.32. The lowest BCUT2D eigenvalue weighted by Gasteiger charge is -2.07. The zero-order valence-corrected chi connectivity index (χ0v) is 16.0. The maximum atomic E-state index is 12.9. The van der Waals surface area contributed by atoms with Crippen molar-refractivity contribution in [3.63, 3.8) is 0 Å². The van der Waals surface area contributed by atoms with Crippen LogP contribution in [0.2, 0.25) is 5.02 Å². The Morgan fingerprint density at radius 3 is 2.50 bits per heavy atom. The van der Waals surface area contributed by atoms with Gasteiger partial charge in [-0.2, -0.15) is 4.68 Å². The van der Waals surface area contributed by atoms with Crippen LogP contribution in [-0.2, 0) is 17.8 Å². The van der Waals surface area contributed by atoms with Gasteiger partial charge >= 0.3 is 5.69 Å². The topological polar surface area (TPSA) is 89.2 Å². The Labute approximate surface area is 167 Å². The predicted octanol–water partition coefficient (Wildman–Crippen LogP) is 1.78. The van der Waals surface area contributed by atoms with Crippen molar-refractivity contribution in [1.82, 2.24) is 19.7 Å². The van der Waals surface area contributed by atoms with Gasteiger partial charge in [-0.25, -0.2) is 4.79 Å². The Morgan fingerprint density at radius 1 is 1.11 bits per heavy atom. The first-order chi connectivity index (χ1) is 13.6. The summed E-state index contributed by atoms with van der Waals surface area (Å²) in [5.74, 6) is 0.184. The molecule has 3 aromatic rings. The van der Waals surface area contributed by atoms with Crippen LogP contribution in [0.1, 0.15) is 17.8 Å². The number of nitrogens with zero attached hydrogens (tertiary/aromatic N) is 3. The Balaban J connectivity index is 1.93. The molecule has 0 fully saturated rings. The average Bonchev–Trinajstić information content (AvgIpc) is 2.99. The van der Waals surface area contributed by atoms with Gasteiger partial charge in [0.15, 0.2) is 0 Å². The molecule has 0 saturated heterocycles. The summed E-state index contributed by atoms with van der Waals surface area (Å²) >= 11 is 5.93. The second-order valence-corrected chi connectivity index (χ2v) is 6.70. The van der Waals surface area contributed by atoms with Crippen LogP contribution in [0.3, 0.4) is 0 Å². The molecule has 0 radical (unpaired) electrons. The van der Waals surface area contributed by atoms with E-state index in [2.05, 4.69) is 10.4 Å². The summed E-state index contributed by atoms with van der Waals surface area (Å²) in [6, 6.07) is 16.4. The van der Waals surface area contributed by atoms with Gasteiger partial charge in [-0.1, -0.05) is 41.9 Å². The minimum atomic E-state index is -0.398. The van der Waals surface area contributed by atoms with Crippen molar-refractivity contribution in [3.05, 3.63) is 81.5 Å². The van der Waals surface area contributed by atoms with Crippen LogP contribution in [0.15, 0.2) is 59.4 Å². The number of aromatic nitrogens is 3. The standard InChI is InChI=1S/C20H21ClN4O3/c21-16-7-9-17(10-8-16)25-20(28)24(14-19(27)22-11-4-12-26)18(23-25)13-15-5-2-1-3-6-15/h1-3,5-10,26H,4,11-14H2,(H,22,27). The molecule has 7 nitrogen and oxygen atoms in total. The molecule has 0 aliphatic carbocycles. The van der Waals surface area contributed by atoms with Crippen molar-refractivity contribution in [3.8, 4) is 5.69 Å². The van der Waals surface area contributed by atoms with Crippen molar-refractivity contribution >= 4 is 17.5 Å². The van der Waals surface area contributed by atoms with E-state index in [0.29, 0.717) is 35.9 Å². The molecule has 1 amide bonds. The summed E-state index contributed by atoms with van der Waals surface area (Å²) in [5.41, 5.74) is 1.16. The zero-order chi connectivity index (χ0) is 19.9. The second kappa shape index (κ2) is 9.34. The Hall–Kier alpha value is -2.90. The fourth-order valence-electron chi connectivity index (χ4n) is 2.76. The summed E-state index contributed by atoms with van der Waals surface area (Å²) in [6.07, 6.45) is 0.877. The lowest BCUT2D eigenvalue weighted by molar-refractivity contribution is -0.121. The number of aliphatic hydroxyl groups is 1. The Bertz CT molecular complexity index is 981. The minimum Gasteiger partial charge on any atom is -0.396 e. The molecular formula is C20H21ClN4O3. The van der Waals surface area contributed by atoms with E-state index in [1.165, 1.54) is 9.25 Å². The van der Waals surface area contributed by atoms with Gasteiger partial charge in [0.2, 0.25) is 5.91 Å². The quantitative estimate of drug-likeness (QED) is 0.564. The number of hydrogen-bond acceptors (Lipinski definition) is 4. The SMILES string of the molecule is O=C(Cn1c(Cc2ccccc2)nn(-c2ccc(Cl)cc2)c1=O)NCCCO. The lowest BCUT2D eigenvalue weighted by atomic mass is 10.1. The molecule has 0 saturated carbocycles. The first-order valence-electron chi connectivity index (χ1n) is 8.94. The molecule has 146 valence electrons. The number of carbonyl (C=O) groups excluding carboxylic acids is 1. The third kappa shape index (κ3) is 4.88. The summed E-state index contributed by atoms with van der Waals surface area (Å²) < 4.78 is 2.64. The normalized spacial score (nSPS) is 10.8. The van der Waals surface area contributed by atoms with Crippen LogP contribution in [0.4, 0.5) is 0 Å². The van der Waals surface area contributed by atoms with Crippen LogP contribution >= 0.6 is 11.6 Å². The van der Waals surface area contributed by atoms with E-state index in [9.17, 15) is 9.59 Å². The number of carbonyl (C=O) groups is 1. The predicted molar refractivity (Wildman–Crippen MR) is 107 cm³/mol. The van der Waals surface area contributed by atoms with E-state index in [1.54, 1.807) is 24.3 Å². The number of aliphatic hydroxyl groups excluding tert-OH is 1. The van der Waals surface area contributed by atoms with Crippen LogP contribution < -0.4 is 11.0 Å². The maximum Gasteiger partial charge on any atom is 0.351 e. The van der Waals surface area contributed by atoms with Gasteiger partial charge in [0.25, 0.3) is 0 Å². The smallest absolute Gasteiger partial charge is 0.351 e. The molecule has 3 rings (SSSR count). The van der Waals surface area contributed by atoms with Crippen molar-refractivity contribution in [2.24, 2.45) is 0 Å². The summed E-state index contributed by atoms with van der Waals surface area (Å²) in [4.78, 5) is 25.2. The van der Waals surface area contributed by atoms with Gasteiger partial charge in [0.05, 0.1) is 5.69 Å². The van der Waals surface area contributed by atoms with Gasteiger partial charge in [-0.05, 0) is 36.2 Å². The van der Waals surface area contributed by atoms with Crippen molar-refractivity contribution in [1.29, 1.82) is 0 Å². The number of amides is 1. The summed E-state index contributed by atoms with van der Waals surface area (Å²) in [7, 11) is 0. The number of rotatable bonds is 8. The molecule has 2 aromatic carbocycles. The highest BCUT2D eigenvalue weighted by atomic mass is 35.5. The van der Waals surface area contributed by atoms with Gasteiger partial charge in [-0.3, -0.25) is 9.36 Å². The van der Waals surface area contributed by atoms with Gasteiger partial charge < -0.3 is 10.4 Å². The van der Waals surface area contributed by atoms with E-state index in [0.717, 1.165) is 5.56 Å². The summed E-state index contributed by atoms with van der Waals surface area (Å²) in [6.45, 7) is 0.206. The summed E-state index contributed by atoms with van der Waals surface area (Å²) in [5, 5.41) is 16.6. The highest BCUT2D eigenvalue weighted by molar-refractivity contribution is 6.30. The van der Waals surface area contributed by atoms with Crippen LogP contribution in [-0.4, -0.2) is 38.5 Å². The number of nitrogens with one attached hydrogen (secondary N) is 1. The largest absolute Gasteiger partial charge is 0.396 e. The molecule has 0 unspecified atom stereocenters. The molecule has 0 bridgehead atoms. The molecule has 8 heteroatoms. The fraction of sp³-hybridized carbons (Fsp3) is 0.250. The van der Waals surface area contributed by atoms with Gasteiger partial charge in [-0.15, -0.1) is 5.10 Å². The second-order valence-electron chi connectivity index (χ2n) is 6.26. The van der Waals surface area contributed by atoms with E-state index in [4.69, 9.17) is 16.7 Å². The molecule has 1 aromatic heterocycles. The number of hydrogen-bond donors (Lipinski definition) is 2. The van der Waals surface area contributed by atoms with E-state index >= 15 is 0 Å². The third-order valence-electron chi connectivity index (χ3n) is 4.17. The van der Waals surface area contributed by atoms with Crippen molar-refractivity contribution < 1.29 is 9.90 Å². The monoisotopic (exact) mass is 400 g/mol. The van der Waals surface area contributed by atoms with Crippen LogP contribution in [0.5, 0.6) is 0 Å². The molecule has 0 spiro atoms. The molecular weight excluding hydrogens is 380 g/mol. The van der Waals surface area contributed by atoms with E-state index in [-0.39, 0.29) is 19.1 Å². The first kappa shape index (κ1) is 19.9. The van der Waals surface area contributed by atoms with Crippen molar-refractivity contribution in [2.75, 3.05) is 13.2 Å². The number of halogens is 1. The van der Waals surface area contributed by atoms with Crippen LogP contribution in [0.25, 0.3) is 5.69 Å².